The first-order chi connectivity index (χ1) is 7.96. The molecule has 0 heterocycles. The number of phenols is 1. The molecule has 0 saturated carbocycles. The Hall–Kier alpha value is -2.00. The van der Waals surface area contributed by atoms with Gasteiger partial charge in [-0.25, -0.2) is 0 Å². The highest BCUT2D eigenvalue weighted by Gasteiger charge is 2.48. The molecular formula is C8H3F6NO3. The predicted octanol–water partition coefficient (Wildman–Crippen LogP) is 3.34. The molecule has 1 aromatic carbocycles. The molecule has 0 atom stereocenters. The minimum absolute atomic E-state index is 0.0166. The molecule has 10 heteroatoms. The molecule has 0 unspecified atom stereocenters. The number of benzene rings is 1. The van der Waals surface area contributed by atoms with Gasteiger partial charge in [0.05, 0.1) is 4.92 Å². The van der Waals surface area contributed by atoms with Crippen molar-refractivity contribution in [2.45, 2.75) is 12.4 Å². The third kappa shape index (κ3) is 2.46. The minimum Gasteiger partial charge on any atom is -0.507 e. The molecule has 18 heavy (non-hydrogen) atoms. The summed E-state index contributed by atoms with van der Waals surface area (Å²) in [5.74, 6) is -1.64. The number of nitro benzene ring substituents is 1. The Morgan fingerprint density at radius 2 is 1.56 bits per heavy atom. The molecule has 0 amide bonds. The Bertz CT molecular complexity index is 493. The number of nitrogens with zero attached hydrogens (tertiary/aromatic N) is 1. The third-order valence-corrected chi connectivity index (χ3v) is 1.93. The fraction of sp³-hybridized carbons (Fsp3) is 0.250. The minimum atomic E-state index is -5.48. The zero-order valence-electron chi connectivity index (χ0n) is 8.13. The van der Waals surface area contributed by atoms with Crippen LogP contribution >= 0.6 is 0 Å². The topological polar surface area (TPSA) is 63.4 Å². The van der Waals surface area contributed by atoms with Gasteiger partial charge in [0, 0.05) is 0 Å². The van der Waals surface area contributed by atoms with Crippen LogP contribution in [0.25, 0.3) is 0 Å². The first-order valence-corrected chi connectivity index (χ1v) is 4.11. The van der Waals surface area contributed by atoms with E-state index in [2.05, 4.69) is 0 Å². The van der Waals surface area contributed by atoms with Gasteiger partial charge in [0.1, 0.15) is 11.3 Å². The Balaban J connectivity index is 3.76. The highest BCUT2D eigenvalue weighted by atomic mass is 19.4. The summed E-state index contributed by atoms with van der Waals surface area (Å²) >= 11 is 0. The number of aromatic hydroxyl groups is 1. The summed E-state index contributed by atoms with van der Waals surface area (Å²) in [4.78, 5) is 8.55. The van der Waals surface area contributed by atoms with E-state index in [9.17, 15) is 36.5 Å². The van der Waals surface area contributed by atoms with Gasteiger partial charge in [-0.2, -0.15) is 26.3 Å². The molecule has 0 aromatic heterocycles. The second-order valence-corrected chi connectivity index (χ2v) is 3.11. The SMILES string of the molecule is O=[N+]([O-])c1c(C(F)(F)F)ccc(O)c1C(F)(F)F. The molecular weight excluding hydrogens is 272 g/mol. The Morgan fingerprint density at radius 3 is 1.89 bits per heavy atom. The van der Waals surface area contributed by atoms with Crippen LogP contribution in [0.5, 0.6) is 5.75 Å². The maximum absolute atomic E-state index is 12.4. The predicted molar refractivity (Wildman–Crippen MR) is 44.8 cm³/mol. The smallest absolute Gasteiger partial charge is 0.426 e. The van der Waals surface area contributed by atoms with Crippen LogP contribution in [0.15, 0.2) is 12.1 Å². The molecule has 0 spiro atoms. The maximum Gasteiger partial charge on any atom is 0.426 e. The largest absolute Gasteiger partial charge is 0.507 e. The van der Waals surface area contributed by atoms with E-state index in [0.29, 0.717) is 0 Å². The van der Waals surface area contributed by atoms with Crippen LogP contribution in [0.3, 0.4) is 0 Å². The van der Waals surface area contributed by atoms with Crippen molar-refractivity contribution in [2.24, 2.45) is 0 Å². The molecule has 1 N–H and O–H groups in total. The van der Waals surface area contributed by atoms with E-state index in [1.54, 1.807) is 0 Å². The zero-order chi connectivity index (χ0) is 14.3. The van der Waals surface area contributed by atoms with Gasteiger partial charge in [-0.1, -0.05) is 0 Å². The summed E-state index contributed by atoms with van der Waals surface area (Å²) in [5, 5.41) is 19.3. The van der Waals surface area contributed by atoms with Crippen molar-refractivity contribution in [3.63, 3.8) is 0 Å². The normalized spacial score (nSPS) is 12.6. The van der Waals surface area contributed by atoms with Crippen LogP contribution < -0.4 is 0 Å². The maximum atomic E-state index is 12.4. The third-order valence-electron chi connectivity index (χ3n) is 1.93. The van der Waals surface area contributed by atoms with Crippen LogP contribution in [0, 0.1) is 10.1 Å². The summed E-state index contributed by atoms with van der Waals surface area (Å²) in [6.45, 7) is 0. The lowest BCUT2D eigenvalue weighted by molar-refractivity contribution is -0.391. The Morgan fingerprint density at radius 1 is 1.06 bits per heavy atom. The molecule has 0 aliphatic rings. The molecule has 1 aromatic rings. The highest BCUT2D eigenvalue weighted by molar-refractivity contribution is 5.57. The van der Waals surface area contributed by atoms with E-state index in [1.807, 2.05) is 0 Å². The monoisotopic (exact) mass is 275 g/mol. The lowest BCUT2D eigenvalue weighted by atomic mass is 10.1. The van der Waals surface area contributed by atoms with Gasteiger partial charge >= 0.3 is 12.4 Å². The van der Waals surface area contributed by atoms with E-state index in [-0.39, 0.29) is 12.1 Å². The highest BCUT2D eigenvalue weighted by Crippen LogP contribution is 2.47. The number of rotatable bonds is 1. The average molecular weight is 275 g/mol. The summed E-state index contributed by atoms with van der Waals surface area (Å²) in [7, 11) is 0. The standard InChI is InChI=1S/C8H3F6NO3/c9-7(10,11)3-1-2-4(16)5(8(12,13)14)6(3)15(17)18/h1-2,16H. The molecule has 100 valence electrons. The summed E-state index contributed by atoms with van der Waals surface area (Å²) in [6, 6.07) is 0.126. The lowest BCUT2D eigenvalue weighted by Gasteiger charge is -2.13. The van der Waals surface area contributed by atoms with Crippen LogP contribution in [-0.2, 0) is 12.4 Å². The van der Waals surface area contributed by atoms with E-state index >= 15 is 0 Å². The lowest BCUT2D eigenvalue weighted by Crippen LogP contribution is -2.15. The first kappa shape index (κ1) is 14.1. The van der Waals surface area contributed by atoms with Crippen LogP contribution in [0.4, 0.5) is 32.0 Å². The van der Waals surface area contributed by atoms with Gasteiger partial charge in [0.15, 0.2) is 5.56 Å². The Kier molecular flexibility index (Phi) is 3.15. The molecule has 0 aliphatic heterocycles. The number of alkyl halides is 6. The van der Waals surface area contributed by atoms with Gasteiger partial charge < -0.3 is 5.11 Å². The quantitative estimate of drug-likeness (QED) is 0.485. The average Bonchev–Trinajstić information content (AvgIpc) is 2.12. The van der Waals surface area contributed by atoms with E-state index in [4.69, 9.17) is 5.11 Å². The number of nitro groups is 1. The van der Waals surface area contributed by atoms with Crippen LogP contribution in [0.1, 0.15) is 11.1 Å². The van der Waals surface area contributed by atoms with Crippen LogP contribution in [-0.4, -0.2) is 10.0 Å². The van der Waals surface area contributed by atoms with Gasteiger partial charge in [0.25, 0.3) is 5.69 Å². The molecule has 0 fully saturated rings. The van der Waals surface area contributed by atoms with Crippen molar-refractivity contribution in [2.75, 3.05) is 0 Å². The van der Waals surface area contributed by atoms with Crippen molar-refractivity contribution >= 4 is 5.69 Å². The summed E-state index contributed by atoms with van der Waals surface area (Å²) in [6.07, 6.45) is -10.8. The molecule has 0 bridgehead atoms. The number of hydrogen-bond donors (Lipinski definition) is 1. The molecule has 1 rings (SSSR count). The van der Waals surface area contributed by atoms with Gasteiger partial charge in [-0.15, -0.1) is 0 Å². The molecule has 4 nitrogen and oxygen atoms in total. The van der Waals surface area contributed by atoms with E-state index < -0.39 is 39.8 Å². The molecule has 0 aliphatic carbocycles. The van der Waals surface area contributed by atoms with Crippen molar-refractivity contribution < 1.29 is 36.4 Å². The van der Waals surface area contributed by atoms with Crippen molar-refractivity contribution in [3.05, 3.63) is 33.4 Å². The van der Waals surface area contributed by atoms with Crippen molar-refractivity contribution in [3.8, 4) is 5.75 Å². The van der Waals surface area contributed by atoms with E-state index in [1.165, 1.54) is 0 Å². The number of hydrogen-bond acceptors (Lipinski definition) is 3. The summed E-state index contributed by atoms with van der Waals surface area (Å²) in [5.41, 5.74) is -6.60. The first-order valence-electron chi connectivity index (χ1n) is 4.11. The summed E-state index contributed by atoms with van der Waals surface area (Å²) < 4.78 is 74.3. The van der Waals surface area contributed by atoms with Crippen LogP contribution in [0.2, 0.25) is 0 Å². The van der Waals surface area contributed by atoms with Crippen molar-refractivity contribution in [1.29, 1.82) is 0 Å². The van der Waals surface area contributed by atoms with E-state index in [0.717, 1.165) is 0 Å². The van der Waals surface area contributed by atoms with Gasteiger partial charge in [0.2, 0.25) is 0 Å². The fourth-order valence-corrected chi connectivity index (χ4v) is 1.28. The van der Waals surface area contributed by atoms with Gasteiger partial charge in [-0.05, 0) is 12.1 Å². The van der Waals surface area contributed by atoms with Crippen molar-refractivity contribution in [1.82, 2.24) is 0 Å². The van der Waals surface area contributed by atoms with Gasteiger partial charge in [-0.3, -0.25) is 10.1 Å². The zero-order valence-corrected chi connectivity index (χ0v) is 8.13. The Labute approximate surface area is 94.6 Å². The fourth-order valence-electron chi connectivity index (χ4n) is 1.28. The number of halogens is 6. The second kappa shape index (κ2) is 4.03. The molecule has 0 radical (unpaired) electrons. The second-order valence-electron chi connectivity index (χ2n) is 3.11. The molecule has 0 saturated heterocycles. The number of phenolic OH excluding ortho intramolecular Hbond substituents is 1.